The molecule has 0 aliphatic carbocycles. The Bertz CT molecular complexity index is 676. The van der Waals surface area contributed by atoms with Crippen LogP contribution in [-0.2, 0) is 16.1 Å². The zero-order valence-electron chi connectivity index (χ0n) is 18.6. The van der Waals surface area contributed by atoms with Crippen LogP contribution in [0.4, 0.5) is 0 Å². The van der Waals surface area contributed by atoms with Crippen molar-refractivity contribution in [2.75, 3.05) is 32.9 Å². The molecule has 1 atom stereocenters. The maximum atomic E-state index is 11.8. The summed E-state index contributed by atoms with van der Waals surface area (Å²) >= 11 is 0. The molecule has 0 radical (unpaired) electrons. The lowest BCUT2D eigenvalue weighted by molar-refractivity contribution is -0.121. The molecule has 1 aliphatic heterocycles. The SMILES string of the molecule is CCNC(=NCc1ccc(C)cc1OCC1CCOC1)NCCC(=O)NC(C)C.I. The molecule has 2 rings (SSSR count). The molecule has 0 spiro atoms. The second-order valence-electron chi connectivity index (χ2n) is 7.75. The third kappa shape index (κ3) is 9.97. The van der Waals surface area contributed by atoms with Gasteiger partial charge in [-0.05, 0) is 45.7 Å². The minimum atomic E-state index is 0. The standard InChI is InChI=1S/C22H36N4O3.HI/c1-5-23-22(24-10-8-21(27)26-16(2)3)25-13-19-7-6-17(4)12-20(19)29-15-18-9-11-28-14-18;/h6-7,12,16,18H,5,8-11,13-15H2,1-4H3,(H,26,27)(H2,23,24,25);1H. The molecule has 30 heavy (non-hydrogen) atoms. The van der Waals surface area contributed by atoms with Gasteiger partial charge in [0.05, 0.1) is 19.8 Å². The molecule has 1 saturated heterocycles. The van der Waals surface area contributed by atoms with Crippen LogP contribution >= 0.6 is 24.0 Å². The van der Waals surface area contributed by atoms with Crippen molar-refractivity contribution in [1.29, 1.82) is 0 Å². The van der Waals surface area contributed by atoms with E-state index in [4.69, 9.17) is 9.47 Å². The fraction of sp³-hybridized carbons (Fsp3) is 0.636. The molecule has 0 bridgehead atoms. The van der Waals surface area contributed by atoms with E-state index in [2.05, 4.69) is 46.1 Å². The van der Waals surface area contributed by atoms with E-state index in [0.717, 1.165) is 43.1 Å². The van der Waals surface area contributed by atoms with Crippen molar-refractivity contribution in [2.24, 2.45) is 10.9 Å². The third-order valence-electron chi connectivity index (χ3n) is 4.57. The van der Waals surface area contributed by atoms with E-state index in [1.807, 2.05) is 20.8 Å². The van der Waals surface area contributed by atoms with Crippen molar-refractivity contribution in [3.8, 4) is 5.75 Å². The summed E-state index contributed by atoms with van der Waals surface area (Å²) in [6.07, 6.45) is 1.46. The number of nitrogens with one attached hydrogen (secondary N) is 3. The summed E-state index contributed by atoms with van der Waals surface area (Å²) in [4.78, 5) is 16.5. The number of guanidine groups is 1. The summed E-state index contributed by atoms with van der Waals surface area (Å²) in [5, 5.41) is 9.34. The molecular weight excluding hydrogens is 495 g/mol. The fourth-order valence-corrected chi connectivity index (χ4v) is 3.04. The Hall–Kier alpha value is -1.55. The molecule has 7 nitrogen and oxygen atoms in total. The number of hydrogen-bond acceptors (Lipinski definition) is 4. The summed E-state index contributed by atoms with van der Waals surface area (Å²) in [6, 6.07) is 6.36. The summed E-state index contributed by atoms with van der Waals surface area (Å²) in [5.74, 6) is 2.07. The zero-order valence-corrected chi connectivity index (χ0v) is 21.0. The quantitative estimate of drug-likeness (QED) is 0.245. The highest BCUT2D eigenvalue weighted by atomic mass is 127. The summed E-state index contributed by atoms with van der Waals surface area (Å²) < 4.78 is 11.5. The minimum absolute atomic E-state index is 0. The number of hydrogen-bond donors (Lipinski definition) is 3. The summed E-state index contributed by atoms with van der Waals surface area (Å²) in [7, 11) is 0. The molecule has 1 aromatic rings. The molecule has 1 heterocycles. The lowest BCUT2D eigenvalue weighted by atomic mass is 10.1. The van der Waals surface area contributed by atoms with Crippen molar-refractivity contribution in [1.82, 2.24) is 16.0 Å². The first-order valence-corrected chi connectivity index (χ1v) is 10.6. The molecular formula is C22H37IN4O3. The molecule has 1 unspecified atom stereocenters. The van der Waals surface area contributed by atoms with Gasteiger partial charge in [0.25, 0.3) is 0 Å². The van der Waals surface area contributed by atoms with Crippen LogP contribution in [0.5, 0.6) is 5.75 Å². The van der Waals surface area contributed by atoms with Gasteiger partial charge in [0, 0.05) is 43.6 Å². The van der Waals surface area contributed by atoms with Crippen molar-refractivity contribution in [3.63, 3.8) is 0 Å². The van der Waals surface area contributed by atoms with Crippen molar-refractivity contribution < 1.29 is 14.3 Å². The van der Waals surface area contributed by atoms with Gasteiger partial charge in [0.1, 0.15) is 5.75 Å². The highest BCUT2D eigenvalue weighted by molar-refractivity contribution is 14.0. The van der Waals surface area contributed by atoms with Crippen LogP contribution in [0.1, 0.15) is 44.7 Å². The van der Waals surface area contributed by atoms with Crippen molar-refractivity contribution in [3.05, 3.63) is 29.3 Å². The highest BCUT2D eigenvalue weighted by Gasteiger charge is 2.17. The van der Waals surface area contributed by atoms with E-state index in [1.165, 1.54) is 0 Å². The third-order valence-corrected chi connectivity index (χ3v) is 4.57. The van der Waals surface area contributed by atoms with Crippen molar-refractivity contribution >= 4 is 35.8 Å². The van der Waals surface area contributed by atoms with Gasteiger partial charge in [-0.15, -0.1) is 24.0 Å². The molecule has 1 aliphatic rings. The van der Waals surface area contributed by atoms with Crippen LogP contribution in [-0.4, -0.2) is 50.8 Å². The minimum Gasteiger partial charge on any atom is -0.493 e. The van der Waals surface area contributed by atoms with E-state index < -0.39 is 0 Å². The lowest BCUT2D eigenvalue weighted by Gasteiger charge is -2.15. The molecule has 170 valence electrons. The maximum Gasteiger partial charge on any atom is 0.221 e. The second kappa shape index (κ2) is 14.5. The fourth-order valence-electron chi connectivity index (χ4n) is 3.04. The van der Waals surface area contributed by atoms with E-state index in [9.17, 15) is 4.79 Å². The van der Waals surface area contributed by atoms with Crippen LogP contribution in [0.2, 0.25) is 0 Å². The molecule has 1 fully saturated rings. The topological polar surface area (TPSA) is 84.0 Å². The van der Waals surface area contributed by atoms with Gasteiger partial charge in [0.2, 0.25) is 5.91 Å². The average molecular weight is 532 g/mol. The summed E-state index contributed by atoms with van der Waals surface area (Å²) in [5.41, 5.74) is 2.21. The van der Waals surface area contributed by atoms with Crippen molar-refractivity contribution in [2.45, 2.75) is 53.1 Å². The molecule has 3 N–H and O–H groups in total. The lowest BCUT2D eigenvalue weighted by Crippen LogP contribution is -2.40. The molecule has 0 aromatic heterocycles. The Morgan fingerprint density at radius 1 is 1.33 bits per heavy atom. The Morgan fingerprint density at radius 2 is 2.13 bits per heavy atom. The Balaban J connectivity index is 0.00000450. The normalized spacial score (nSPS) is 16.2. The Morgan fingerprint density at radius 3 is 2.80 bits per heavy atom. The molecule has 0 saturated carbocycles. The summed E-state index contributed by atoms with van der Waals surface area (Å²) in [6.45, 7) is 12.1. The Labute approximate surface area is 197 Å². The number of halogens is 1. The van der Waals surface area contributed by atoms with Crippen LogP contribution < -0.4 is 20.7 Å². The smallest absolute Gasteiger partial charge is 0.221 e. The molecule has 1 amide bonds. The van der Waals surface area contributed by atoms with Crippen LogP contribution in [0, 0.1) is 12.8 Å². The number of aliphatic imine (C=N–C) groups is 1. The predicted octanol–water partition coefficient (Wildman–Crippen LogP) is 3.00. The molecule has 1 aromatic carbocycles. The van der Waals surface area contributed by atoms with E-state index in [-0.39, 0.29) is 35.9 Å². The average Bonchev–Trinajstić information content (AvgIpc) is 3.18. The van der Waals surface area contributed by atoms with Crippen LogP contribution in [0.15, 0.2) is 23.2 Å². The number of aryl methyl sites for hydroxylation is 1. The van der Waals surface area contributed by atoms with E-state index in [0.29, 0.717) is 38.0 Å². The number of carbonyl (C=O) groups excluding carboxylic acids is 1. The van der Waals surface area contributed by atoms with Gasteiger partial charge < -0.3 is 25.4 Å². The first-order chi connectivity index (χ1) is 14.0. The number of ether oxygens (including phenoxy) is 2. The van der Waals surface area contributed by atoms with Gasteiger partial charge in [0.15, 0.2) is 5.96 Å². The van der Waals surface area contributed by atoms with Crippen LogP contribution in [0.3, 0.4) is 0 Å². The molecule has 8 heteroatoms. The van der Waals surface area contributed by atoms with Gasteiger partial charge >= 0.3 is 0 Å². The largest absolute Gasteiger partial charge is 0.493 e. The highest BCUT2D eigenvalue weighted by Crippen LogP contribution is 2.23. The van der Waals surface area contributed by atoms with Gasteiger partial charge in [-0.25, -0.2) is 4.99 Å². The van der Waals surface area contributed by atoms with E-state index in [1.54, 1.807) is 0 Å². The number of rotatable bonds is 10. The van der Waals surface area contributed by atoms with E-state index >= 15 is 0 Å². The first kappa shape index (κ1) is 26.5. The van der Waals surface area contributed by atoms with Gasteiger partial charge in [-0.1, -0.05) is 12.1 Å². The number of nitrogens with zero attached hydrogens (tertiary/aromatic N) is 1. The number of benzene rings is 1. The van der Waals surface area contributed by atoms with Gasteiger partial charge in [-0.2, -0.15) is 0 Å². The number of amides is 1. The van der Waals surface area contributed by atoms with Crippen LogP contribution in [0.25, 0.3) is 0 Å². The Kier molecular flexibility index (Phi) is 12.8. The first-order valence-electron chi connectivity index (χ1n) is 10.6. The van der Waals surface area contributed by atoms with Gasteiger partial charge in [-0.3, -0.25) is 4.79 Å². The second-order valence-corrected chi connectivity index (χ2v) is 7.75. The predicted molar refractivity (Wildman–Crippen MR) is 132 cm³/mol. The monoisotopic (exact) mass is 532 g/mol. The zero-order chi connectivity index (χ0) is 21.1. The number of carbonyl (C=O) groups is 1. The maximum absolute atomic E-state index is 11.8.